The molecule has 0 aliphatic carbocycles. The van der Waals surface area contributed by atoms with Gasteiger partial charge in [0.2, 0.25) is 0 Å². The van der Waals surface area contributed by atoms with Gasteiger partial charge in [-0.25, -0.2) is 0 Å². The topological polar surface area (TPSA) is 42.2 Å². The molecule has 19 heavy (non-hydrogen) atoms. The fourth-order valence-electron chi connectivity index (χ4n) is 2.01. The Morgan fingerprint density at radius 1 is 1.21 bits per heavy atom. The van der Waals surface area contributed by atoms with Gasteiger partial charge in [-0.15, -0.1) is 0 Å². The Morgan fingerprint density at radius 3 is 2.63 bits per heavy atom. The Balaban J connectivity index is 2.02. The lowest BCUT2D eigenvalue weighted by Crippen LogP contribution is -2.24. The normalized spacial score (nSPS) is 14.2. The molecule has 2 atom stereocenters. The minimum absolute atomic E-state index is 0.0569. The van der Waals surface area contributed by atoms with E-state index in [1.54, 1.807) is 12.5 Å². The highest BCUT2D eigenvalue weighted by molar-refractivity contribution is 7.84. The van der Waals surface area contributed by atoms with Crippen molar-refractivity contribution < 1.29 is 8.63 Å². The Labute approximate surface area is 116 Å². The van der Waals surface area contributed by atoms with Crippen LogP contribution in [0.25, 0.3) is 0 Å². The second kappa shape index (κ2) is 7.26. The van der Waals surface area contributed by atoms with Crippen molar-refractivity contribution in [3.05, 3.63) is 60.1 Å². The summed E-state index contributed by atoms with van der Waals surface area (Å²) >= 11 is 0. The van der Waals surface area contributed by atoms with Gasteiger partial charge in [-0.2, -0.15) is 0 Å². The summed E-state index contributed by atoms with van der Waals surface area (Å²) in [7, 11) is -0.725. The van der Waals surface area contributed by atoms with Gasteiger partial charge in [0.25, 0.3) is 0 Å². The molecule has 0 fully saturated rings. The summed E-state index contributed by atoms with van der Waals surface area (Å²) in [6.45, 7) is 0.819. The van der Waals surface area contributed by atoms with E-state index in [2.05, 4.69) is 17.4 Å². The highest BCUT2D eigenvalue weighted by Gasteiger charge is 2.15. The van der Waals surface area contributed by atoms with E-state index in [4.69, 9.17) is 4.42 Å². The molecular weight excluding hydrogens is 258 g/mol. The molecule has 102 valence electrons. The van der Waals surface area contributed by atoms with Crippen molar-refractivity contribution in [3.63, 3.8) is 0 Å². The number of benzene rings is 1. The van der Waals surface area contributed by atoms with Crippen molar-refractivity contribution in [1.82, 2.24) is 5.32 Å². The van der Waals surface area contributed by atoms with Gasteiger partial charge in [-0.1, -0.05) is 30.3 Å². The zero-order chi connectivity index (χ0) is 13.5. The van der Waals surface area contributed by atoms with Crippen LogP contribution in [-0.4, -0.2) is 22.8 Å². The quantitative estimate of drug-likeness (QED) is 0.791. The number of furan rings is 1. The summed E-state index contributed by atoms with van der Waals surface area (Å²) in [6, 6.07) is 14.1. The fourth-order valence-corrected chi connectivity index (χ4v) is 2.56. The molecule has 1 aromatic heterocycles. The molecule has 0 spiro atoms. The second-order valence-corrected chi connectivity index (χ2v) is 6.00. The van der Waals surface area contributed by atoms with Crippen LogP contribution in [-0.2, 0) is 10.8 Å². The van der Waals surface area contributed by atoms with Gasteiger partial charge >= 0.3 is 0 Å². The third-order valence-electron chi connectivity index (χ3n) is 2.92. The maximum absolute atomic E-state index is 11.1. The van der Waals surface area contributed by atoms with E-state index in [1.165, 1.54) is 5.56 Å². The van der Waals surface area contributed by atoms with Gasteiger partial charge in [-0.05, 0) is 30.7 Å². The molecule has 1 heterocycles. The molecule has 0 aliphatic rings. The van der Waals surface area contributed by atoms with Gasteiger partial charge in [-0.3, -0.25) is 4.21 Å². The van der Waals surface area contributed by atoms with Crippen LogP contribution in [0.4, 0.5) is 0 Å². The Bertz CT molecular complexity index is 496. The average molecular weight is 277 g/mol. The molecule has 3 nitrogen and oxygen atoms in total. The van der Waals surface area contributed by atoms with E-state index in [0.717, 1.165) is 24.5 Å². The Hall–Kier alpha value is -1.39. The van der Waals surface area contributed by atoms with E-state index in [0.29, 0.717) is 0 Å². The lowest BCUT2D eigenvalue weighted by molar-refractivity contribution is 0.447. The zero-order valence-corrected chi connectivity index (χ0v) is 11.9. The first kappa shape index (κ1) is 14.0. The molecule has 0 saturated carbocycles. The van der Waals surface area contributed by atoms with Crippen molar-refractivity contribution in [2.45, 2.75) is 12.5 Å². The summed E-state index contributed by atoms with van der Waals surface area (Å²) in [6.07, 6.45) is 4.32. The minimum Gasteiger partial charge on any atom is -0.467 e. The summed E-state index contributed by atoms with van der Waals surface area (Å²) in [5.74, 6) is 1.64. The Kier molecular flexibility index (Phi) is 5.36. The lowest BCUT2D eigenvalue weighted by Gasteiger charge is -2.17. The largest absolute Gasteiger partial charge is 0.467 e. The SMILES string of the molecule is CS(=O)CCCNC(c1ccccc1)c1ccco1. The first-order chi connectivity index (χ1) is 9.27. The third-order valence-corrected chi connectivity index (χ3v) is 3.78. The van der Waals surface area contributed by atoms with Crippen LogP contribution in [0.2, 0.25) is 0 Å². The monoisotopic (exact) mass is 277 g/mol. The molecule has 2 unspecified atom stereocenters. The van der Waals surface area contributed by atoms with E-state index in [-0.39, 0.29) is 6.04 Å². The predicted molar refractivity (Wildman–Crippen MR) is 78.5 cm³/mol. The van der Waals surface area contributed by atoms with E-state index < -0.39 is 10.8 Å². The summed E-state index contributed by atoms with van der Waals surface area (Å²) in [4.78, 5) is 0. The highest BCUT2D eigenvalue weighted by Crippen LogP contribution is 2.22. The maximum Gasteiger partial charge on any atom is 0.125 e. The first-order valence-corrected chi connectivity index (χ1v) is 8.12. The molecule has 0 aliphatic heterocycles. The van der Waals surface area contributed by atoms with E-state index >= 15 is 0 Å². The van der Waals surface area contributed by atoms with Crippen LogP contribution in [0.1, 0.15) is 23.8 Å². The summed E-state index contributed by atoms with van der Waals surface area (Å²) in [5.41, 5.74) is 1.18. The molecular formula is C15H19NO2S. The lowest BCUT2D eigenvalue weighted by atomic mass is 10.0. The van der Waals surface area contributed by atoms with E-state index in [1.807, 2.05) is 30.3 Å². The number of rotatable bonds is 7. The molecule has 2 aromatic rings. The van der Waals surface area contributed by atoms with Crippen molar-refractivity contribution in [2.75, 3.05) is 18.6 Å². The molecule has 0 amide bonds. The summed E-state index contributed by atoms with van der Waals surface area (Å²) in [5, 5.41) is 3.47. The Morgan fingerprint density at radius 2 is 2.00 bits per heavy atom. The molecule has 0 bridgehead atoms. The zero-order valence-electron chi connectivity index (χ0n) is 11.0. The van der Waals surface area contributed by atoms with Crippen molar-refractivity contribution in [2.24, 2.45) is 0 Å². The summed E-state index contributed by atoms with van der Waals surface area (Å²) < 4.78 is 16.6. The minimum atomic E-state index is -0.725. The van der Waals surface area contributed by atoms with Gasteiger partial charge < -0.3 is 9.73 Å². The number of hydrogen-bond donors (Lipinski definition) is 1. The van der Waals surface area contributed by atoms with Crippen molar-refractivity contribution in [3.8, 4) is 0 Å². The predicted octanol–water partition coefficient (Wildman–Crippen LogP) is 2.73. The molecule has 0 saturated heterocycles. The highest BCUT2D eigenvalue weighted by atomic mass is 32.2. The number of hydrogen-bond acceptors (Lipinski definition) is 3. The van der Waals surface area contributed by atoms with Crippen LogP contribution in [0, 0.1) is 0 Å². The van der Waals surface area contributed by atoms with Crippen LogP contribution in [0.15, 0.2) is 53.1 Å². The molecule has 1 N–H and O–H groups in total. The third kappa shape index (κ3) is 4.33. The molecule has 4 heteroatoms. The van der Waals surface area contributed by atoms with Gasteiger partial charge in [0.15, 0.2) is 0 Å². The standard InChI is InChI=1S/C15H19NO2S/c1-19(17)12-6-10-16-15(14-9-5-11-18-14)13-7-3-2-4-8-13/h2-5,7-9,11,15-16H,6,10,12H2,1H3. The van der Waals surface area contributed by atoms with Crippen molar-refractivity contribution in [1.29, 1.82) is 0 Å². The van der Waals surface area contributed by atoms with Gasteiger partial charge in [0, 0.05) is 22.8 Å². The molecule has 2 rings (SSSR count). The van der Waals surface area contributed by atoms with Crippen LogP contribution in [0.5, 0.6) is 0 Å². The van der Waals surface area contributed by atoms with Crippen molar-refractivity contribution >= 4 is 10.8 Å². The first-order valence-electron chi connectivity index (χ1n) is 6.39. The van der Waals surface area contributed by atoms with E-state index in [9.17, 15) is 4.21 Å². The van der Waals surface area contributed by atoms with Crippen LogP contribution in [0.3, 0.4) is 0 Å². The second-order valence-electron chi connectivity index (χ2n) is 4.44. The van der Waals surface area contributed by atoms with Crippen LogP contribution >= 0.6 is 0 Å². The molecule has 1 aromatic carbocycles. The smallest absolute Gasteiger partial charge is 0.125 e. The van der Waals surface area contributed by atoms with Gasteiger partial charge in [0.05, 0.1) is 12.3 Å². The van der Waals surface area contributed by atoms with Gasteiger partial charge in [0.1, 0.15) is 5.76 Å². The maximum atomic E-state index is 11.1. The fraction of sp³-hybridized carbons (Fsp3) is 0.333. The van der Waals surface area contributed by atoms with Crippen LogP contribution < -0.4 is 5.32 Å². The molecule has 0 radical (unpaired) electrons. The number of nitrogens with one attached hydrogen (secondary N) is 1. The average Bonchev–Trinajstić information content (AvgIpc) is 2.93.